The van der Waals surface area contributed by atoms with Gasteiger partial charge >= 0.3 is 0 Å². The lowest BCUT2D eigenvalue weighted by Crippen LogP contribution is -2.39. The van der Waals surface area contributed by atoms with Crippen molar-refractivity contribution in [2.24, 2.45) is 0 Å². The third kappa shape index (κ3) is 3.44. The van der Waals surface area contributed by atoms with E-state index in [-0.39, 0.29) is 11.9 Å². The summed E-state index contributed by atoms with van der Waals surface area (Å²) in [6, 6.07) is 17.2. The molecule has 0 bridgehead atoms. The number of hydrogen-bond donors (Lipinski definition) is 0. The lowest BCUT2D eigenvalue weighted by atomic mass is 10.0. The second-order valence-corrected chi connectivity index (χ2v) is 6.28. The third-order valence-corrected chi connectivity index (χ3v) is 4.60. The Morgan fingerprint density at radius 2 is 1.58 bits per heavy atom. The van der Waals surface area contributed by atoms with E-state index in [0.717, 1.165) is 18.6 Å². The van der Waals surface area contributed by atoms with Gasteiger partial charge in [-0.25, -0.2) is 0 Å². The molecule has 1 aromatic heterocycles. The number of para-hydroxylation sites is 2. The molecule has 6 nitrogen and oxygen atoms in total. The number of aromatic nitrogens is 3. The molecule has 6 heteroatoms. The maximum absolute atomic E-state index is 13.0. The first-order valence-electron chi connectivity index (χ1n) is 8.78. The topological polar surface area (TPSA) is 60.2 Å². The monoisotopic (exact) mass is 348 g/mol. The van der Waals surface area contributed by atoms with Gasteiger partial charge in [0.25, 0.3) is 5.91 Å². The highest BCUT2D eigenvalue weighted by molar-refractivity contribution is 5.97. The Bertz CT molecular complexity index is 857. The van der Waals surface area contributed by atoms with Crippen LogP contribution in [-0.2, 0) is 0 Å². The van der Waals surface area contributed by atoms with Gasteiger partial charge in [-0.15, -0.1) is 0 Å². The van der Waals surface area contributed by atoms with E-state index in [1.807, 2.05) is 59.5 Å². The standard InChI is InChI=1S/C20H20N4O2/c25-20(23-14-10-16(11-15-23)24-21-12-13-22-24)18-8-4-5-9-19(18)26-17-6-2-1-3-7-17/h1-9,12-13,16H,10-11,14-15H2. The summed E-state index contributed by atoms with van der Waals surface area (Å²) in [6.45, 7) is 1.37. The predicted octanol–water partition coefficient (Wildman–Crippen LogP) is 3.55. The number of benzene rings is 2. The molecule has 26 heavy (non-hydrogen) atoms. The number of carbonyl (C=O) groups is 1. The molecule has 3 aromatic rings. The van der Waals surface area contributed by atoms with Crippen LogP contribution in [0.5, 0.6) is 11.5 Å². The quantitative estimate of drug-likeness (QED) is 0.723. The summed E-state index contributed by atoms with van der Waals surface area (Å²) >= 11 is 0. The van der Waals surface area contributed by atoms with E-state index in [9.17, 15) is 4.79 Å². The second-order valence-electron chi connectivity index (χ2n) is 6.28. The Labute approximate surface area is 152 Å². The fourth-order valence-corrected chi connectivity index (χ4v) is 3.23. The molecule has 2 aromatic carbocycles. The van der Waals surface area contributed by atoms with Crippen molar-refractivity contribution in [2.45, 2.75) is 18.9 Å². The maximum Gasteiger partial charge on any atom is 0.257 e. The predicted molar refractivity (Wildman–Crippen MR) is 97.2 cm³/mol. The summed E-state index contributed by atoms with van der Waals surface area (Å²) in [4.78, 5) is 16.6. The van der Waals surface area contributed by atoms with Crippen LogP contribution < -0.4 is 4.74 Å². The average molecular weight is 348 g/mol. The van der Waals surface area contributed by atoms with E-state index >= 15 is 0 Å². The smallest absolute Gasteiger partial charge is 0.257 e. The first-order chi connectivity index (χ1) is 12.8. The van der Waals surface area contributed by atoms with E-state index < -0.39 is 0 Å². The maximum atomic E-state index is 13.0. The Morgan fingerprint density at radius 1 is 0.923 bits per heavy atom. The zero-order valence-electron chi connectivity index (χ0n) is 14.4. The van der Waals surface area contributed by atoms with Gasteiger partial charge in [-0.1, -0.05) is 30.3 Å². The highest BCUT2D eigenvalue weighted by atomic mass is 16.5. The van der Waals surface area contributed by atoms with Crippen LogP contribution >= 0.6 is 0 Å². The van der Waals surface area contributed by atoms with Crippen LogP contribution in [0.2, 0.25) is 0 Å². The number of piperidine rings is 1. The van der Waals surface area contributed by atoms with Gasteiger partial charge in [-0.2, -0.15) is 15.0 Å². The molecule has 0 atom stereocenters. The normalized spacial score (nSPS) is 15.0. The molecule has 0 unspecified atom stereocenters. The molecule has 1 aliphatic heterocycles. The number of rotatable bonds is 4. The van der Waals surface area contributed by atoms with Crippen molar-refractivity contribution in [3.63, 3.8) is 0 Å². The lowest BCUT2D eigenvalue weighted by Gasteiger charge is -2.31. The number of carbonyl (C=O) groups excluding carboxylic acids is 1. The molecule has 1 saturated heterocycles. The zero-order valence-corrected chi connectivity index (χ0v) is 14.4. The molecular formula is C20H20N4O2. The summed E-state index contributed by atoms with van der Waals surface area (Å²) in [5.74, 6) is 1.30. The highest BCUT2D eigenvalue weighted by Crippen LogP contribution is 2.28. The summed E-state index contributed by atoms with van der Waals surface area (Å²) in [5, 5.41) is 8.42. The van der Waals surface area contributed by atoms with Crippen LogP contribution in [0.3, 0.4) is 0 Å². The summed E-state index contributed by atoms with van der Waals surface area (Å²) in [5.41, 5.74) is 0.590. The van der Waals surface area contributed by atoms with E-state index in [4.69, 9.17) is 4.74 Å². The van der Waals surface area contributed by atoms with Gasteiger partial charge in [0.2, 0.25) is 0 Å². The minimum atomic E-state index is 0.00315. The number of amides is 1. The Hall–Kier alpha value is -3.15. The van der Waals surface area contributed by atoms with E-state index in [1.165, 1.54) is 0 Å². The summed E-state index contributed by atoms with van der Waals surface area (Å²) < 4.78 is 5.93. The van der Waals surface area contributed by atoms with Crippen molar-refractivity contribution in [1.29, 1.82) is 0 Å². The molecule has 1 fully saturated rings. The molecule has 132 valence electrons. The van der Waals surface area contributed by atoms with Crippen LogP contribution in [0, 0.1) is 0 Å². The SMILES string of the molecule is O=C(c1ccccc1Oc1ccccc1)N1CCC(n2nccn2)CC1. The first kappa shape index (κ1) is 16.3. The van der Waals surface area contributed by atoms with Gasteiger partial charge in [0.1, 0.15) is 11.5 Å². The molecule has 0 spiro atoms. The van der Waals surface area contributed by atoms with Crippen molar-refractivity contribution in [1.82, 2.24) is 19.9 Å². The van der Waals surface area contributed by atoms with Crippen molar-refractivity contribution < 1.29 is 9.53 Å². The second kappa shape index (κ2) is 7.39. The van der Waals surface area contributed by atoms with Gasteiger partial charge < -0.3 is 9.64 Å². The Morgan fingerprint density at radius 3 is 2.31 bits per heavy atom. The van der Waals surface area contributed by atoms with Gasteiger partial charge in [-0.05, 0) is 37.1 Å². The van der Waals surface area contributed by atoms with Crippen molar-refractivity contribution in [3.05, 3.63) is 72.6 Å². The zero-order chi connectivity index (χ0) is 17.8. The van der Waals surface area contributed by atoms with Gasteiger partial charge in [0.15, 0.2) is 0 Å². The highest BCUT2D eigenvalue weighted by Gasteiger charge is 2.27. The number of hydrogen-bond acceptors (Lipinski definition) is 4. The number of ether oxygens (including phenoxy) is 1. The molecular weight excluding hydrogens is 328 g/mol. The van der Waals surface area contributed by atoms with Crippen molar-refractivity contribution in [2.75, 3.05) is 13.1 Å². The molecule has 1 aliphatic rings. The van der Waals surface area contributed by atoms with Gasteiger partial charge in [-0.3, -0.25) is 4.79 Å². The molecule has 0 radical (unpaired) electrons. The lowest BCUT2D eigenvalue weighted by molar-refractivity contribution is 0.0681. The molecule has 4 rings (SSSR count). The van der Waals surface area contributed by atoms with Gasteiger partial charge in [0, 0.05) is 13.1 Å². The molecule has 0 N–H and O–H groups in total. The minimum absolute atomic E-state index is 0.00315. The van der Waals surface area contributed by atoms with Crippen LogP contribution in [0.1, 0.15) is 29.2 Å². The van der Waals surface area contributed by atoms with E-state index in [0.29, 0.717) is 24.4 Å². The number of likely N-dealkylation sites (tertiary alicyclic amines) is 1. The van der Waals surface area contributed by atoms with Crippen LogP contribution in [0.15, 0.2) is 67.0 Å². The fraction of sp³-hybridized carbons (Fsp3) is 0.250. The molecule has 0 saturated carbocycles. The Kier molecular flexibility index (Phi) is 4.64. The van der Waals surface area contributed by atoms with Crippen LogP contribution in [-0.4, -0.2) is 38.9 Å². The number of nitrogens with zero attached hydrogens (tertiary/aromatic N) is 4. The van der Waals surface area contributed by atoms with E-state index in [2.05, 4.69) is 10.2 Å². The first-order valence-corrected chi connectivity index (χ1v) is 8.78. The average Bonchev–Trinajstić information content (AvgIpc) is 3.24. The molecule has 0 aliphatic carbocycles. The fourth-order valence-electron chi connectivity index (χ4n) is 3.23. The van der Waals surface area contributed by atoms with Crippen LogP contribution in [0.4, 0.5) is 0 Å². The Balaban J connectivity index is 1.47. The van der Waals surface area contributed by atoms with Crippen LogP contribution in [0.25, 0.3) is 0 Å². The molecule has 2 heterocycles. The van der Waals surface area contributed by atoms with Crippen molar-refractivity contribution in [3.8, 4) is 11.5 Å². The summed E-state index contributed by atoms with van der Waals surface area (Å²) in [7, 11) is 0. The molecule has 1 amide bonds. The van der Waals surface area contributed by atoms with E-state index in [1.54, 1.807) is 17.2 Å². The van der Waals surface area contributed by atoms with Gasteiger partial charge in [0.05, 0.1) is 24.0 Å². The van der Waals surface area contributed by atoms with Crippen molar-refractivity contribution >= 4 is 5.91 Å². The minimum Gasteiger partial charge on any atom is -0.457 e. The summed E-state index contributed by atoms with van der Waals surface area (Å²) in [6.07, 6.45) is 5.08. The largest absolute Gasteiger partial charge is 0.457 e. The third-order valence-electron chi connectivity index (χ3n) is 4.60.